The summed E-state index contributed by atoms with van der Waals surface area (Å²) in [5.41, 5.74) is 3.85. The number of nitro benzene ring substituents is 1. The molecule has 116 valence electrons. The van der Waals surface area contributed by atoms with Crippen LogP contribution < -0.4 is 10.5 Å². The zero-order valence-corrected chi connectivity index (χ0v) is 12.2. The van der Waals surface area contributed by atoms with Crippen LogP contribution in [-0.4, -0.2) is 37.0 Å². The molecule has 0 fully saturated rings. The predicted octanol–water partition coefficient (Wildman–Crippen LogP) is -0.339. The van der Waals surface area contributed by atoms with E-state index in [1.165, 1.54) is 19.9 Å². The lowest BCUT2D eigenvalue weighted by molar-refractivity contribution is -0.385. The number of nitrogens with zero attached hydrogens (tertiary/aromatic N) is 1. The van der Waals surface area contributed by atoms with Gasteiger partial charge in [0.15, 0.2) is 0 Å². The minimum atomic E-state index is -4.23. The summed E-state index contributed by atoms with van der Waals surface area (Å²) in [5.74, 6) is -1.22. The number of amides is 1. The molecule has 1 aromatic rings. The van der Waals surface area contributed by atoms with Crippen molar-refractivity contribution >= 4 is 21.6 Å². The highest BCUT2D eigenvalue weighted by Crippen LogP contribution is 2.28. The molecule has 1 aromatic carbocycles. The molecular weight excluding hydrogens is 302 g/mol. The molecule has 0 aromatic heterocycles. The lowest BCUT2D eigenvalue weighted by Crippen LogP contribution is -2.33. The molecule has 0 heterocycles. The molecule has 1 rings (SSSR count). The summed E-state index contributed by atoms with van der Waals surface area (Å²) in [4.78, 5) is 21.0. The van der Waals surface area contributed by atoms with Gasteiger partial charge in [0.2, 0.25) is 10.0 Å². The molecule has 0 aliphatic rings. The number of benzene rings is 1. The molecule has 1 unspecified atom stereocenters. The predicted molar refractivity (Wildman–Crippen MR) is 73.2 cm³/mol. The van der Waals surface area contributed by atoms with Gasteiger partial charge in [-0.2, -0.15) is 0 Å². The van der Waals surface area contributed by atoms with Crippen molar-refractivity contribution in [3.63, 3.8) is 0 Å². The Kier molecular flexibility index (Phi) is 4.99. The Morgan fingerprint density at radius 2 is 2.10 bits per heavy atom. The topological polar surface area (TPSA) is 153 Å². The second kappa shape index (κ2) is 6.16. The van der Waals surface area contributed by atoms with Crippen LogP contribution in [0.3, 0.4) is 0 Å². The Balaban J connectivity index is 3.57. The summed E-state index contributed by atoms with van der Waals surface area (Å²) >= 11 is 0. The van der Waals surface area contributed by atoms with Crippen molar-refractivity contribution < 1.29 is 23.2 Å². The van der Waals surface area contributed by atoms with Crippen LogP contribution in [-0.2, 0) is 10.0 Å². The number of hydrogen-bond donors (Lipinski definition) is 3. The van der Waals surface area contributed by atoms with Crippen LogP contribution in [0, 0.1) is 17.0 Å². The van der Waals surface area contributed by atoms with Gasteiger partial charge < -0.3 is 10.8 Å². The van der Waals surface area contributed by atoms with Gasteiger partial charge in [-0.1, -0.05) is 6.07 Å². The molecule has 4 N–H and O–H groups in total. The number of aliphatic hydroxyl groups is 1. The van der Waals surface area contributed by atoms with Crippen LogP contribution in [0.15, 0.2) is 17.0 Å². The number of carbonyl (C=O) groups excluding carboxylic acids is 1. The van der Waals surface area contributed by atoms with Gasteiger partial charge in [-0.25, -0.2) is 13.1 Å². The third-order valence-electron chi connectivity index (χ3n) is 2.61. The largest absolute Gasteiger partial charge is 0.392 e. The highest BCUT2D eigenvalue weighted by Gasteiger charge is 2.31. The third kappa shape index (κ3) is 3.74. The maximum atomic E-state index is 12.2. The Bertz CT molecular complexity index is 683. The number of aryl methyl sites for hydroxylation is 1. The highest BCUT2D eigenvalue weighted by molar-refractivity contribution is 7.89. The Hall–Kier alpha value is -2.04. The van der Waals surface area contributed by atoms with E-state index in [0.717, 1.165) is 6.07 Å². The number of nitrogens with one attached hydrogen (secondary N) is 1. The van der Waals surface area contributed by atoms with E-state index in [1.54, 1.807) is 0 Å². The smallest absolute Gasteiger partial charge is 0.283 e. The number of sulfonamides is 1. The second-order valence-corrected chi connectivity index (χ2v) is 6.13. The average Bonchev–Trinajstić information content (AvgIpc) is 2.35. The van der Waals surface area contributed by atoms with Crippen LogP contribution in [0.25, 0.3) is 0 Å². The van der Waals surface area contributed by atoms with E-state index in [1.807, 2.05) is 0 Å². The van der Waals surface area contributed by atoms with Gasteiger partial charge in [0.25, 0.3) is 11.6 Å². The van der Waals surface area contributed by atoms with Gasteiger partial charge in [-0.05, 0) is 19.4 Å². The van der Waals surface area contributed by atoms with E-state index in [9.17, 15) is 23.3 Å². The molecular formula is C11H15N3O6S. The van der Waals surface area contributed by atoms with E-state index in [-0.39, 0.29) is 12.1 Å². The average molecular weight is 317 g/mol. The van der Waals surface area contributed by atoms with Crippen molar-refractivity contribution in [3.05, 3.63) is 33.4 Å². The molecule has 21 heavy (non-hydrogen) atoms. The molecule has 1 amide bonds. The number of nitrogens with two attached hydrogens (primary N) is 1. The minimum Gasteiger partial charge on any atom is -0.392 e. The van der Waals surface area contributed by atoms with Crippen LogP contribution in [0.2, 0.25) is 0 Å². The Labute approximate surface area is 121 Å². The zero-order valence-electron chi connectivity index (χ0n) is 11.4. The first kappa shape index (κ1) is 17.0. The fourth-order valence-electron chi connectivity index (χ4n) is 1.72. The molecule has 0 aliphatic carbocycles. The number of carbonyl (C=O) groups is 1. The zero-order chi connectivity index (χ0) is 16.4. The summed E-state index contributed by atoms with van der Waals surface area (Å²) < 4.78 is 26.5. The highest BCUT2D eigenvalue weighted by atomic mass is 32.2. The van der Waals surface area contributed by atoms with Crippen molar-refractivity contribution in [3.8, 4) is 0 Å². The van der Waals surface area contributed by atoms with Crippen LogP contribution in [0.5, 0.6) is 0 Å². The molecule has 0 saturated carbocycles. The SMILES string of the molecule is Cc1ccc([N+](=O)[O-])c(C(N)=O)c1S(=O)(=O)NCC(C)O. The molecule has 0 radical (unpaired) electrons. The van der Waals surface area contributed by atoms with E-state index < -0.39 is 43.1 Å². The van der Waals surface area contributed by atoms with Gasteiger partial charge in [-0.3, -0.25) is 14.9 Å². The minimum absolute atomic E-state index is 0.132. The molecule has 0 bridgehead atoms. The molecule has 0 saturated heterocycles. The first-order chi connectivity index (χ1) is 9.58. The molecule has 1 atom stereocenters. The van der Waals surface area contributed by atoms with Crippen molar-refractivity contribution in [2.45, 2.75) is 24.8 Å². The molecule has 9 nitrogen and oxygen atoms in total. The summed E-state index contributed by atoms with van der Waals surface area (Å²) in [7, 11) is -4.23. The van der Waals surface area contributed by atoms with Crippen molar-refractivity contribution in [1.82, 2.24) is 4.72 Å². The number of aliphatic hydroxyl groups excluding tert-OH is 1. The summed E-state index contributed by atoms with van der Waals surface area (Å²) in [5, 5.41) is 20.1. The normalized spacial score (nSPS) is 12.9. The number of hydrogen-bond acceptors (Lipinski definition) is 6. The summed E-state index contributed by atoms with van der Waals surface area (Å²) in [6.45, 7) is 2.44. The quantitative estimate of drug-likeness (QED) is 0.482. The maximum absolute atomic E-state index is 12.2. The van der Waals surface area contributed by atoms with Crippen LogP contribution >= 0.6 is 0 Å². The van der Waals surface area contributed by atoms with Gasteiger partial charge in [0, 0.05) is 12.6 Å². The van der Waals surface area contributed by atoms with Gasteiger partial charge >= 0.3 is 0 Å². The van der Waals surface area contributed by atoms with Crippen LogP contribution in [0.4, 0.5) is 5.69 Å². The summed E-state index contributed by atoms with van der Waals surface area (Å²) in [6, 6.07) is 2.23. The summed E-state index contributed by atoms with van der Waals surface area (Å²) in [6.07, 6.45) is -0.962. The van der Waals surface area contributed by atoms with Crippen molar-refractivity contribution in [1.29, 1.82) is 0 Å². The Morgan fingerprint density at radius 3 is 2.52 bits per heavy atom. The van der Waals surface area contributed by atoms with E-state index in [4.69, 9.17) is 10.8 Å². The Morgan fingerprint density at radius 1 is 1.52 bits per heavy atom. The van der Waals surface area contributed by atoms with Gasteiger partial charge in [0.1, 0.15) is 10.5 Å². The molecule has 10 heteroatoms. The molecule has 0 aliphatic heterocycles. The second-order valence-electron chi connectivity index (χ2n) is 4.43. The fourth-order valence-corrected chi connectivity index (χ4v) is 3.29. The molecule has 0 spiro atoms. The lowest BCUT2D eigenvalue weighted by Gasteiger charge is -2.13. The maximum Gasteiger partial charge on any atom is 0.283 e. The van der Waals surface area contributed by atoms with Crippen LogP contribution in [0.1, 0.15) is 22.8 Å². The first-order valence-corrected chi connectivity index (χ1v) is 7.31. The standard InChI is InChI=1S/C11H15N3O6S/c1-6-3-4-8(14(17)18)9(11(12)16)10(6)21(19,20)13-5-7(2)15/h3-4,7,13,15H,5H2,1-2H3,(H2,12,16). The number of primary amides is 1. The number of nitro groups is 1. The van der Waals surface area contributed by atoms with E-state index in [0.29, 0.717) is 0 Å². The van der Waals surface area contributed by atoms with Gasteiger partial charge in [-0.15, -0.1) is 0 Å². The fraction of sp³-hybridized carbons (Fsp3) is 0.364. The van der Waals surface area contributed by atoms with E-state index >= 15 is 0 Å². The van der Waals surface area contributed by atoms with Crippen molar-refractivity contribution in [2.24, 2.45) is 5.73 Å². The van der Waals surface area contributed by atoms with Crippen molar-refractivity contribution in [2.75, 3.05) is 6.54 Å². The van der Waals surface area contributed by atoms with Gasteiger partial charge in [0.05, 0.1) is 11.0 Å². The number of rotatable bonds is 6. The third-order valence-corrected chi connectivity index (χ3v) is 4.22. The van der Waals surface area contributed by atoms with E-state index in [2.05, 4.69) is 4.72 Å². The first-order valence-electron chi connectivity index (χ1n) is 5.83. The monoisotopic (exact) mass is 317 g/mol. The lowest BCUT2D eigenvalue weighted by atomic mass is 10.1.